The van der Waals surface area contributed by atoms with Crippen LogP contribution in [0.4, 0.5) is 4.39 Å². The Morgan fingerprint density at radius 3 is 2.63 bits per heavy atom. The quantitative estimate of drug-likeness (QED) is 0.560. The molecule has 1 amide bonds. The molecule has 1 saturated heterocycles. The van der Waals surface area contributed by atoms with E-state index in [1.807, 2.05) is 11.0 Å². The highest BCUT2D eigenvalue weighted by molar-refractivity contribution is 5.93. The molecule has 2 saturated carbocycles. The van der Waals surface area contributed by atoms with E-state index in [0.717, 1.165) is 50.8 Å². The maximum Gasteiger partial charge on any atom is 0.307 e. The molecule has 35 heavy (non-hydrogen) atoms. The summed E-state index contributed by atoms with van der Waals surface area (Å²) in [6.07, 6.45) is 6.91. The number of likely N-dealkylation sites (tertiary alicyclic amines) is 1. The molecule has 3 fully saturated rings. The topological polar surface area (TPSA) is 87.8 Å². The number of rotatable bonds is 5. The number of carboxylic acid groups (broad SMARTS) is 1. The molecular formula is C27H29FN4O3. The third kappa shape index (κ3) is 4.09. The van der Waals surface area contributed by atoms with Crippen LogP contribution in [0.25, 0.3) is 16.9 Å². The number of carbonyl (C=O) groups is 2. The van der Waals surface area contributed by atoms with Crippen molar-refractivity contribution in [1.29, 1.82) is 0 Å². The van der Waals surface area contributed by atoms with Crippen LogP contribution in [0.5, 0.6) is 0 Å². The lowest BCUT2D eigenvalue weighted by molar-refractivity contribution is -0.138. The van der Waals surface area contributed by atoms with Gasteiger partial charge in [-0.15, -0.1) is 0 Å². The first-order valence-corrected chi connectivity index (χ1v) is 12.6. The molecule has 2 aromatic heterocycles. The summed E-state index contributed by atoms with van der Waals surface area (Å²) in [6.45, 7) is 2.85. The minimum absolute atomic E-state index is 0.0421. The Balaban J connectivity index is 1.35. The van der Waals surface area contributed by atoms with Crippen LogP contribution in [-0.4, -0.2) is 49.1 Å². The standard InChI is InChI=1S/C27H29FN4O3/c1-15-5-3-2-4-10-31(15)26(33)23-13-24(16-6-7-16)32-25(29-23)14-22(30-32)18-9-8-17(11-21(18)28)19-12-20(19)27(34)35/h8-9,11,13-16,19-20H,2-7,10,12H2,1H3,(H,34,35)/t15-,19?,20?/m1/s1. The Hall–Kier alpha value is -3.29. The van der Waals surface area contributed by atoms with Gasteiger partial charge in [0.15, 0.2) is 5.65 Å². The fraction of sp³-hybridized carbons (Fsp3) is 0.481. The molecule has 3 aromatic rings. The van der Waals surface area contributed by atoms with E-state index in [9.17, 15) is 14.7 Å². The predicted octanol–water partition coefficient (Wildman–Crippen LogP) is 5.01. The molecule has 0 radical (unpaired) electrons. The van der Waals surface area contributed by atoms with E-state index >= 15 is 4.39 Å². The second-order valence-corrected chi connectivity index (χ2v) is 10.4. The highest BCUT2D eigenvalue weighted by Crippen LogP contribution is 2.48. The molecule has 3 atom stereocenters. The summed E-state index contributed by atoms with van der Waals surface area (Å²) in [6, 6.07) is 8.70. The highest BCUT2D eigenvalue weighted by Gasteiger charge is 2.44. The van der Waals surface area contributed by atoms with Gasteiger partial charge in [-0.1, -0.05) is 18.9 Å². The van der Waals surface area contributed by atoms with Crippen molar-refractivity contribution < 1.29 is 19.1 Å². The number of aliphatic carboxylic acids is 1. The van der Waals surface area contributed by atoms with Crippen LogP contribution >= 0.6 is 0 Å². The molecule has 1 aliphatic heterocycles. The number of carboxylic acids is 1. The summed E-state index contributed by atoms with van der Waals surface area (Å²) in [5.41, 5.74) is 3.45. The van der Waals surface area contributed by atoms with Crippen molar-refractivity contribution in [2.75, 3.05) is 6.54 Å². The number of carbonyl (C=O) groups excluding carboxylic acids is 1. The van der Waals surface area contributed by atoms with Crippen LogP contribution < -0.4 is 0 Å². The normalized spacial score (nSPS) is 24.4. The van der Waals surface area contributed by atoms with Gasteiger partial charge in [0.05, 0.1) is 11.6 Å². The molecule has 7 nitrogen and oxygen atoms in total. The lowest BCUT2D eigenvalue weighted by atomic mass is 10.0. The van der Waals surface area contributed by atoms with Gasteiger partial charge in [0.25, 0.3) is 5.91 Å². The van der Waals surface area contributed by atoms with Crippen molar-refractivity contribution >= 4 is 17.5 Å². The molecule has 2 unspecified atom stereocenters. The molecule has 2 aliphatic carbocycles. The number of benzene rings is 1. The Morgan fingerprint density at radius 2 is 1.91 bits per heavy atom. The Kier molecular flexibility index (Phi) is 5.34. The molecular weight excluding hydrogens is 447 g/mol. The van der Waals surface area contributed by atoms with Crippen molar-refractivity contribution in [3.05, 3.63) is 53.1 Å². The van der Waals surface area contributed by atoms with Gasteiger partial charge in [-0.2, -0.15) is 5.10 Å². The largest absolute Gasteiger partial charge is 0.481 e. The van der Waals surface area contributed by atoms with Gasteiger partial charge < -0.3 is 10.0 Å². The van der Waals surface area contributed by atoms with Crippen LogP contribution in [0.3, 0.4) is 0 Å². The van der Waals surface area contributed by atoms with Crippen LogP contribution in [0.1, 0.15) is 85.5 Å². The summed E-state index contributed by atoms with van der Waals surface area (Å²) in [4.78, 5) is 31.2. The van der Waals surface area contributed by atoms with Gasteiger partial charge in [0.2, 0.25) is 0 Å². The van der Waals surface area contributed by atoms with E-state index in [0.29, 0.717) is 40.5 Å². The van der Waals surface area contributed by atoms with E-state index in [-0.39, 0.29) is 17.9 Å². The van der Waals surface area contributed by atoms with Gasteiger partial charge in [-0.3, -0.25) is 9.59 Å². The summed E-state index contributed by atoms with van der Waals surface area (Å²) in [5, 5.41) is 13.9. The molecule has 1 N–H and O–H groups in total. The molecule has 182 valence electrons. The summed E-state index contributed by atoms with van der Waals surface area (Å²) >= 11 is 0. The number of fused-ring (bicyclic) bond motifs is 1. The van der Waals surface area contributed by atoms with Gasteiger partial charge in [0.1, 0.15) is 11.5 Å². The fourth-order valence-electron chi connectivity index (χ4n) is 5.44. The van der Waals surface area contributed by atoms with Crippen molar-refractivity contribution in [3.8, 4) is 11.3 Å². The van der Waals surface area contributed by atoms with E-state index in [1.165, 1.54) is 6.07 Å². The molecule has 1 aromatic carbocycles. The van der Waals surface area contributed by atoms with E-state index in [2.05, 4.69) is 17.0 Å². The summed E-state index contributed by atoms with van der Waals surface area (Å²) < 4.78 is 16.9. The number of hydrogen-bond acceptors (Lipinski definition) is 4. The molecule has 3 heterocycles. The molecule has 0 bridgehead atoms. The zero-order valence-electron chi connectivity index (χ0n) is 19.8. The maximum absolute atomic E-state index is 15.1. The first kappa shape index (κ1) is 22.2. The number of amides is 1. The lowest BCUT2D eigenvalue weighted by Crippen LogP contribution is -2.38. The van der Waals surface area contributed by atoms with Gasteiger partial charge in [-0.05, 0) is 68.7 Å². The van der Waals surface area contributed by atoms with Crippen LogP contribution in [0.15, 0.2) is 30.3 Å². The van der Waals surface area contributed by atoms with Crippen molar-refractivity contribution in [2.24, 2.45) is 5.92 Å². The Morgan fingerprint density at radius 1 is 1.09 bits per heavy atom. The van der Waals surface area contributed by atoms with Crippen molar-refractivity contribution in [1.82, 2.24) is 19.5 Å². The second-order valence-electron chi connectivity index (χ2n) is 10.4. The summed E-state index contributed by atoms with van der Waals surface area (Å²) in [5.74, 6) is -1.53. The number of halogens is 1. The minimum atomic E-state index is -0.835. The van der Waals surface area contributed by atoms with E-state index < -0.39 is 17.7 Å². The van der Waals surface area contributed by atoms with Gasteiger partial charge in [-0.25, -0.2) is 13.9 Å². The van der Waals surface area contributed by atoms with Crippen molar-refractivity contribution in [3.63, 3.8) is 0 Å². The Labute approximate surface area is 203 Å². The molecule has 6 rings (SSSR count). The monoisotopic (exact) mass is 476 g/mol. The van der Waals surface area contributed by atoms with E-state index in [4.69, 9.17) is 0 Å². The SMILES string of the molecule is C[C@@H]1CCCCCN1C(=O)c1cc(C2CC2)n2nc(-c3ccc(C4CC4C(=O)O)cc3F)cc2n1. The first-order valence-electron chi connectivity index (χ1n) is 12.6. The van der Waals surface area contributed by atoms with Crippen LogP contribution in [0.2, 0.25) is 0 Å². The average molecular weight is 477 g/mol. The smallest absolute Gasteiger partial charge is 0.307 e. The highest BCUT2D eigenvalue weighted by atomic mass is 19.1. The average Bonchev–Trinajstić information content (AvgIpc) is 3.74. The minimum Gasteiger partial charge on any atom is -0.481 e. The predicted molar refractivity (Wildman–Crippen MR) is 128 cm³/mol. The van der Waals surface area contributed by atoms with Gasteiger partial charge >= 0.3 is 5.97 Å². The maximum atomic E-state index is 15.1. The van der Waals surface area contributed by atoms with Crippen LogP contribution in [0, 0.1) is 11.7 Å². The first-order chi connectivity index (χ1) is 16.9. The third-order valence-corrected chi connectivity index (χ3v) is 7.79. The third-order valence-electron chi connectivity index (χ3n) is 7.79. The number of aromatic nitrogens is 3. The zero-order valence-corrected chi connectivity index (χ0v) is 19.8. The zero-order chi connectivity index (χ0) is 24.3. The summed E-state index contributed by atoms with van der Waals surface area (Å²) in [7, 11) is 0. The van der Waals surface area contributed by atoms with Gasteiger partial charge in [0, 0.05) is 35.8 Å². The lowest BCUT2D eigenvalue weighted by Gasteiger charge is -2.27. The number of hydrogen-bond donors (Lipinski definition) is 1. The van der Waals surface area contributed by atoms with E-state index in [1.54, 1.807) is 22.7 Å². The molecule has 8 heteroatoms. The second kappa shape index (κ2) is 8.43. The molecule has 3 aliphatic rings. The fourth-order valence-corrected chi connectivity index (χ4v) is 5.44. The van der Waals surface area contributed by atoms with Crippen molar-refractivity contribution in [2.45, 2.75) is 69.7 Å². The molecule has 0 spiro atoms. The van der Waals surface area contributed by atoms with Crippen LogP contribution in [-0.2, 0) is 4.79 Å². The number of nitrogens with zero attached hydrogens (tertiary/aromatic N) is 4. The Bertz CT molecular complexity index is 1330.